The molecule has 0 aromatic carbocycles. The summed E-state index contributed by atoms with van der Waals surface area (Å²) in [6, 6.07) is 9.72. The fraction of sp³-hybridized carbons (Fsp3) is 0.474. The van der Waals surface area contributed by atoms with E-state index in [1.165, 1.54) is 0 Å². The lowest BCUT2D eigenvalue weighted by molar-refractivity contribution is -0.0415. The van der Waals surface area contributed by atoms with E-state index < -0.39 is 0 Å². The average Bonchev–Trinajstić information content (AvgIpc) is 3.09. The third kappa shape index (κ3) is 2.73. The molecule has 0 N–H and O–H groups in total. The quantitative estimate of drug-likeness (QED) is 0.871. The van der Waals surface area contributed by atoms with Gasteiger partial charge in [-0.3, -0.25) is 14.7 Å². The normalized spacial score (nSPS) is 20.1. The Labute approximate surface area is 142 Å². The summed E-state index contributed by atoms with van der Waals surface area (Å²) in [5, 5.41) is 0. The van der Waals surface area contributed by atoms with Gasteiger partial charge in [0.2, 0.25) is 0 Å². The van der Waals surface area contributed by atoms with Crippen LogP contribution < -0.4 is 0 Å². The minimum absolute atomic E-state index is 0.0417. The van der Waals surface area contributed by atoms with Gasteiger partial charge in [0.1, 0.15) is 0 Å². The molecule has 4 rings (SSSR count). The Morgan fingerprint density at radius 2 is 1.96 bits per heavy atom. The highest BCUT2D eigenvalue weighted by Crippen LogP contribution is 2.41. The van der Waals surface area contributed by atoms with Crippen LogP contribution in [0, 0.1) is 6.92 Å². The van der Waals surface area contributed by atoms with Crippen LogP contribution >= 0.6 is 0 Å². The smallest absolute Gasteiger partial charge is 0.290 e. The van der Waals surface area contributed by atoms with Crippen LogP contribution in [-0.4, -0.2) is 45.9 Å². The number of piperidine rings is 1. The van der Waals surface area contributed by atoms with Crippen LogP contribution in [-0.2, 0) is 6.54 Å². The first kappa shape index (κ1) is 15.4. The molecule has 0 bridgehead atoms. The molecule has 5 nitrogen and oxygen atoms in total. The van der Waals surface area contributed by atoms with Gasteiger partial charge in [-0.25, -0.2) is 0 Å². The molecule has 1 amide bonds. The first-order valence-corrected chi connectivity index (χ1v) is 8.67. The molecule has 0 saturated carbocycles. The summed E-state index contributed by atoms with van der Waals surface area (Å²) in [6.07, 6.45) is 4.74. The van der Waals surface area contributed by atoms with E-state index in [1.807, 2.05) is 17.9 Å². The maximum absolute atomic E-state index is 12.6. The lowest BCUT2D eigenvalue weighted by Gasteiger charge is -2.56. The predicted molar refractivity (Wildman–Crippen MR) is 90.6 cm³/mol. The van der Waals surface area contributed by atoms with Gasteiger partial charge >= 0.3 is 0 Å². The molecule has 0 aliphatic carbocycles. The van der Waals surface area contributed by atoms with E-state index in [2.05, 4.69) is 22.0 Å². The van der Waals surface area contributed by atoms with Crippen LogP contribution in [0.1, 0.15) is 41.2 Å². The van der Waals surface area contributed by atoms with Gasteiger partial charge in [0.05, 0.1) is 12.0 Å². The van der Waals surface area contributed by atoms with E-state index in [0.29, 0.717) is 5.76 Å². The number of hydrogen-bond donors (Lipinski definition) is 0. The topological polar surface area (TPSA) is 49.6 Å². The molecule has 2 aliphatic heterocycles. The molecule has 0 radical (unpaired) electrons. The highest BCUT2D eigenvalue weighted by Gasteiger charge is 2.49. The highest BCUT2D eigenvalue weighted by atomic mass is 16.3. The third-order valence-corrected chi connectivity index (χ3v) is 5.47. The monoisotopic (exact) mass is 325 g/mol. The molecule has 2 saturated heterocycles. The molecule has 5 heteroatoms. The Morgan fingerprint density at radius 1 is 1.17 bits per heavy atom. The summed E-state index contributed by atoms with van der Waals surface area (Å²) >= 11 is 0. The van der Waals surface area contributed by atoms with Gasteiger partial charge in [-0.05, 0) is 50.5 Å². The van der Waals surface area contributed by atoms with Gasteiger partial charge in [0.15, 0.2) is 5.76 Å². The number of pyridine rings is 1. The van der Waals surface area contributed by atoms with E-state index in [1.54, 1.807) is 18.4 Å². The Bertz CT molecular complexity index is 718. The van der Waals surface area contributed by atoms with Gasteiger partial charge in [0, 0.05) is 37.4 Å². The SMILES string of the molecule is Cc1cccc(CN2CCC3(CC2)CCN3C(=O)c2ccco2)n1. The number of amides is 1. The molecule has 2 aliphatic rings. The second-order valence-corrected chi connectivity index (χ2v) is 6.95. The van der Waals surface area contributed by atoms with Crippen LogP contribution in [0.4, 0.5) is 0 Å². The summed E-state index contributed by atoms with van der Waals surface area (Å²) in [7, 11) is 0. The van der Waals surface area contributed by atoms with Crippen molar-refractivity contribution >= 4 is 5.91 Å². The van der Waals surface area contributed by atoms with E-state index >= 15 is 0 Å². The molecule has 1 spiro atoms. The average molecular weight is 325 g/mol. The van der Waals surface area contributed by atoms with Crippen molar-refractivity contribution in [3.8, 4) is 0 Å². The molecule has 4 heterocycles. The van der Waals surface area contributed by atoms with Crippen LogP contribution in [0.3, 0.4) is 0 Å². The first-order chi connectivity index (χ1) is 11.7. The van der Waals surface area contributed by atoms with Crippen LogP contribution in [0.2, 0.25) is 0 Å². The number of aryl methyl sites for hydroxylation is 1. The molecule has 0 atom stereocenters. The van der Waals surface area contributed by atoms with Crippen LogP contribution in [0.15, 0.2) is 41.0 Å². The zero-order valence-electron chi connectivity index (χ0n) is 14.1. The second-order valence-electron chi connectivity index (χ2n) is 6.95. The van der Waals surface area contributed by atoms with Crippen molar-refractivity contribution in [1.29, 1.82) is 0 Å². The summed E-state index contributed by atoms with van der Waals surface area (Å²) in [4.78, 5) is 21.6. The zero-order chi connectivity index (χ0) is 16.6. The van der Waals surface area contributed by atoms with E-state index in [0.717, 1.165) is 56.8 Å². The van der Waals surface area contributed by atoms with Crippen LogP contribution in [0.25, 0.3) is 0 Å². The fourth-order valence-corrected chi connectivity index (χ4v) is 3.95. The standard InChI is InChI=1S/C19H23N3O2/c1-15-4-2-5-16(20-15)14-21-10-7-19(8-11-21)9-12-22(19)18(23)17-6-3-13-24-17/h2-6,13H,7-12,14H2,1H3. The minimum atomic E-state index is 0.0417. The third-order valence-electron chi connectivity index (χ3n) is 5.47. The van der Waals surface area contributed by atoms with Crippen molar-refractivity contribution in [2.75, 3.05) is 19.6 Å². The van der Waals surface area contributed by atoms with Crippen LogP contribution in [0.5, 0.6) is 0 Å². The van der Waals surface area contributed by atoms with Crippen molar-refractivity contribution in [2.45, 2.75) is 38.3 Å². The summed E-state index contributed by atoms with van der Waals surface area (Å²) in [6.45, 7) is 5.79. The van der Waals surface area contributed by atoms with Gasteiger partial charge < -0.3 is 9.32 Å². The number of likely N-dealkylation sites (tertiary alicyclic amines) is 2. The first-order valence-electron chi connectivity index (χ1n) is 8.67. The fourth-order valence-electron chi connectivity index (χ4n) is 3.95. The number of rotatable bonds is 3. The molecule has 0 unspecified atom stereocenters. The van der Waals surface area contributed by atoms with Crippen molar-refractivity contribution in [3.63, 3.8) is 0 Å². The number of nitrogens with zero attached hydrogens (tertiary/aromatic N) is 3. The molecule has 126 valence electrons. The van der Waals surface area contributed by atoms with Gasteiger partial charge in [-0.1, -0.05) is 6.07 Å². The molecule has 2 fully saturated rings. The minimum Gasteiger partial charge on any atom is -0.459 e. The molecule has 2 aromatic rings. The van der Waals surface area contributed by atoms with Gasteiger partial charge in [0.25, 0.3) is 5.91 Å². The molecular weight excluding hydrogens is 302 g/mol. The van der Waals surface area contributed by atoms with E-state index in [9.17, 15) is 4.79 Å². The number of hydrogen-bond acceptors (Lipinski definition) is 4. The second kappa shape index (κ2) is 6.06. The van der Waals surface area contributed by atoms with Crippen molar-refractivity contribution in [1.82, 2.24) is 14.8 Å². The lowest BCUT2D eigenvalue weighted by Crippen LogP contribution is -2.65. The highest BCUT2D eigenvalue weighted by molar-refractivity contribution is 5.92. The Hall–Kier alpha value is -2.14. The Balaban J connectivity index is 1.38. The Morgan fingerprint density at radius 3 is 2.58 bits per heavy atom. The molecular formula is C19H23N3O2. The van der Waals surface area contributed by atoms with Gasteiger partial charge in [-0.2, -0.15) is 0 Å². The number of furan rings is 1. The zero-order valence-corrected chi connectivity index (χ0v) is 14.1. The van der Waals surface area contributed by atoms with Crippen molar-refractivity contribution in [3.05, 3.63) is 53.7 Å². The van der Waals surface area contributed by atoms with E-state index in [-0.39, 0.29) is 11.4 Å². The lowest BCUT2D eigenvalue weighted by atomic mass is 9.76. The summed E-state index contributed by atoms with van der Waals surface area (Å²) < 4.78 is 5.29. The number of aromatic nitrogens is 1. The largest absolute Gasteiger partial charge is 0.459 e. The molecule has 2 aromatic heterocycles. The number of carbonyl (C=O) groups excluding carboxylic acids is 1. The number of carbonyl (C=O) groups is 1. The maximum Gasteiger partial charge on any atom is 0.290 e. The van der Waals surface area contributed by atoms with Crippen molar-refractivity contribution in [2.24, 2.45) is 0 Å². The van der Waals surface area contributed by atoms with Gasteiger partial charge in [-0.15, -0.1) is 0 Å². The molecule has 24 heavy (non-hydrogen) atoms. The summed E-state index contributed by atoms with van der Waals surface area (Å²) in [5.74, 6) is 0.500. The maximum atomic E-state index is 12.6. The van der Waals surface area contributed by atoms with E-state index in [4.69, 9.17) is 4.42 Å². The summed E-state index contributed by atoms with van der Waals surface area (Å²) in [5.41, 5.74) is 2.23. The van der Waals surface area contributed by atoms with Crippen molar-refractivity contribution < 1.29 is 9.21 Å². The predicted octanol–water partition coefficient (Wildman–Crippen LogP) is 2.86. The Kier molecular flexibility index (Phi) is 3.88.